The van der Waals surface area contributed by atoms with Gasteiger partial charge in [-0.15, -0.1) is 0 Å². The molecule has 0 saturated heterocycles. The number of rotatable bonds is 4. The number of ether oxygens (including phenoxy) is 1. The zero-order valence-corrected chi connectivity index (χ0v) is 16.3. The zero-order chi connectivity index (χ0) is 20.7. The second kappa shape index (κ2) is 7.08. The van der Waals surface area contributed by atoms with Crippen LogP contribution in [0.1, 0.15) is 5.56 Å². The Morgan fingerprint density at radius 3 is 2.20 bits per heavy atom. The number of fused-ring (bicyclic) bond motifs is 2. The number of aromatic hydroxyl groups is 2. The number of hydrogen-bond donors (Lipinski definition) is 2. The Kier molecular flexibility index (Phi) is 4.25. The van der Waals surface area contributed by atoms with Crippen molar-refractivity contribution in [3.05, 3.63) is 78.9 Å². The monoisotopic (exact) mass is 397 g/mol. The van der Waals surface area contributed by atoms with Crippen LogP contribution in [-0.2, 0) is 6.54 Å². The van der Waals surface area contributed by atoms with Gasteiger partial charge in [0.15, 0.2) is 11.5 Å². The standard InChI is InChI=1S/C24H19N3O3/c1-30-20-8-3-2-7-17(20)16-6-4-5-15(11-16)12-27-13-18-19(14-27)24(29)22-21(23(18)28)25-9-10-26-22/h2-11,13-14,28-29H,12H2,1H3. The molecule has 2 N–H and O–H groups in total. The number of hydrogen-bond acceptors (Lipinski definition) is 5. The van der Waals surface area contributed by atoms with Crippen LogP contribution in [0.2, 0.25) is 0 Å². The largest absolute Gasteiger partial charge is 0.505 e. The molecule has 2 aromatic heterocycles. The van der Waals surface area contributed by atoms with Crippen LogP contribution in [-0.4, -0.2) is 31.9 Å². The first-order valence-corrected chi connectivity index (χ1v) is 9.52. The summed E-state index contributed by atoms with van der Waals surface area (Å²) in [6.45, 7) is 0.577. The highest BCUT2D eigenvalue weighted by Crippen LogP contribution is 2.40. The fourth-order valence-corrected chi connectivity index (χ4v) is 3.85. The number of phenolic OH excluding ortho intramolecular Hbond substituents is 2. The summed E-state index contributed by atoms with van der Waals surface area (Å²) in [5, 5.41) is 22.3. The van der Waals surface area contributed by atoms with Crippen molar-refractivity contribution in [2.75, 3.05) is 7.11 Å². The minimum absolute atomic E-state index is 0.0208. The van der Waals surface area contributed by atoms with Crippen LogP contribution in [0.25, 0.3) is 32.9 Å². The highest BCUT2D eigenvalue weighted by Gasteiger charge is 2.17. The molecule has 3 aromatic carbocycles. The highest BCUT2D eigenvalue weighted by molar-refractivity contribution is 6.07. The van der Waals surface area contributed by atoms with E-state index in [1.54, 1.807) is 7.11 Å². The molecule has 30 heavy (non-hydrogen) atoms. The van der Waals surface area contributed by atoms with Crippen LogP contribution in [0.15, 0.2) is 73.3 Å². The Balaban J connectivity index is 1.56. The summed E-state index contributed by atoms with van der Waals surface area (Å²) in [5.74, 6) is 0.864. The van der Waals surface area contributed by atoms with Gasteiger partial charge in [0.2, 0.25) is 0 Å². The number of para-hydroxylation sites is 1. The van der Waals surface area contributed by atoms with Crippen molar-refractivity contribution < 1.29 is 14.9 Å². The van der Waals surface area contributed by atoms with Crippen molar-refractivity contribution in [1.82, 2.24) is 14.5 Å². The summed E-state index contributed by atoms with van der Waals surface area (Å²) in [7, 11) is 1.67. The van der Waals surface area contributed by atoms with E-state index in [-0.39, 0.29) is 11.5 Å². The molecule has 2 heterocycles. The molecule has 6 heteroatoms. The minimum Gasteiger partial charge on any atom is -0.505 e. The fraction of sp³-hybridized carbons (Fsp3) is 0.0833. The quantitative estimate of drug-likeness (QED) is 0.429. The Morgan fingerprint density at radius 1 is 0.867 bits per heavy atom. The van der Waals surface area contributed by atoms with Gasteiger partial charge >= 0.3 is 0 Å². The van der Waals surface area contributed by atoms with Crippen LogP contribution in [0.3, 0.4) is 0 Å². The Morgan fingerprint density at radius 2 is 1.53 bits per heavy atom. The van der Waals surface area contributed by atoms with Gasteiger partial charge in [-0.1, -0.05) is 36.4 Å². The smallest absolute Gasteiger partial charge is 0.153 e. The molecule has 0 fully saturated rings. The van der Waals surface area contributed by atoms with Gasteiger partial charge in [-0.25, -0.2) is 9.97 Å². The Hall–Kier alpha value is -4.06. The van der Waals surface area contributed by atoms with E-state index in [1.165, 1.54) is 12.4 Å². The van der Waals surface area contributed by atoms with E-state index in [1.807, 2.05) is 53.4 Å². The van der Waals surface area contributed by atoms with E-state index >= 15 is 0 Å². The first-order valence-electron chi connectivity index (χ1n) is 9.52. The van der Waals surface area contributed by atoms with Crippen molar-refractivity contribution in [2.24, 2.45) is 0 Å². The molecule has 5 rings (SSSR count). The van der Waals surface area contributed by atoms with E-state index in [0.29, 0.717) is 28.4 Å². The highest BCUT2D eigenvalue weighted by atomic mass is 16.5. The van der Waals surface area contributed by atoms with Crippen LogP contribution < -0.4 is 4.74 Å². The molecule has 0 amide bonds. The Bertz CT molecular complexity index is 1330. The summed E-state index contributed by atoms with van der Waals surface area (Å²) >= 11 is 0. The van der Waals surface area contributed by atoms with E-state index in [4.69, 9.17) is 4.74 Å². The molecule has 0 unspecified atom stereocenters. The molecule has 0 aliphatic heterocycles. The molecule has 6 nitrogen and oxygen atoms in total. The lowest BCUT2D eigenvalue weighted by Crippen LogP contribution is -1.96. The maximum Gasteiger partial charge on any atom is 0.153 e. The summed E-state index contributed by atoms with van der Waals surface area (Å²) in [6.07, 6.45) is 6.61. The van der Waals surface area contributed by atoms with Gasteiger partial charge < -0.3 is 19.5 Å². The molecule has 0 bridgehead atoms. The van der Waals surface area contributed by atoms with Crippen LogP contribution in [0.4, 0.5) is 0 Å². The number of aromatic nitrogens is 3. The van der Waals surface area contributed by atoms with Gasteiger partial charge in [0.05, 0.1) is 7.11 Å². The third-order valence-electron chi connectivity index (χ3n) is 5.25. The van der Waals surface area contributed by atoms with Crippen molar-refractivity contribution in [3.63, 3.8) is 0 Å². The summed E-state index contributed by atoms with van der Waals surface area (Å²) in [6, 6.07) is 16.1. The SMILES string of the molecule is COc1ccccc1-c1cccc(Cn2cc3c(O)c4nccnc4c(O)c3c2)c1. The van der Waals surface area contributed by atoms with Gasteiger partial charge in [0.25, 0.3) is 0 Å². The molecule has 0 aliphatic carbocycles. The molecule has 0 spiro atoms. The van der Waals surface area contributed by atoms with Gasteiger partial charge in [-0.05, 0) is 23.3 Å². The van der Waals surface area contributed by atoms with Crippen LogP contribution in [0.5, 0.6) is 17.2 Å². The molecule has 0 saturated carbocycles. The van der Waals surface area contributed by atoms with Crippen molar-refractivity contribution >= 4 is 21.8 Å². The zero-order valence-electron chi connectivity index (χ0n) is 16.3. The lowest BCUT2D eigenvalue weighted by atomic mass is 10.0. The number of methoxy groups -OCH3 is 1. The van der Waals surface area contributed by atoms with Gasteiger partial charge in [0.1, 0.15) is 16.8 Å². The van der Waals surface area contributed by atoms with E-state index in [0.717, 1.165) is 22.4 Å². The molecule has 5 aromatic rings. The number of nitrogens with zero attached hydrogens (tertiary/aromatic N) is 3. The predicted molar refractivity (Wildman–Crippen MR) is 116 cm³/mol. The number of phenols is 2. The topological polar surface area (TPSA) is 80.4 Å². The van der Waals surface area contributed by atoms with E-state index in [9.17, 15) is 10.2 Å². The first-order chi connectivity index (χ1) is 14.7. The Labute approximate surface area is 172 Å². The average molecular weight is 397 g/mol. The van der Waals surface area contributed by atoms with E-state index < -0.39 is 0 Å². The van der Waals surface area contributed by atoms with Crippen molar-refractivity contribution in [2.45, 2.75) is 6.54 Å². The number of benzene rings is 3. The maximum absolute atomic E-state index is 10.6. The minimum atomic E-state index is 0.0208. The van der Waals surface area contributed by atoms with Crippen LogP contribution >= 0.6 is 0 Å². The second-order valence-electron chi connectivity index (χ2n) is 7.11. The van der Waals surface area contributed by atoms with E-state index in [2.05, 4.69) is 22.1 Å². The average Bonchev–Trinajstić information content (AvgIpc) is 3.22. The molecule has 0 atom stereocenters. The normalized spacial score (nSPS) is 11.2. The summed E-state index contributed by atoms with van der Waals surface area (Å²) in [5.41, 5.74) is 3.75. The third-order valence-corrected chi connectivity index (χ3v) is 5.25. The lowest BCUT2D eigenvalue weighted by Gasteiger charge is -2.10. The maximum atomic E-state index is 10.6. The predicted octanol–water partition coefficient (Wildman–Crippen LogP) is 4.72. The van der Waals surface area contributed by atoms with Gasteiger partial charge in [-0.3, -0.25) is 0 Å². The molecular weight excluding hydrogens is 378 g/mol. The van der Waals surface area contributed by atoms with Gasteiger partial charge in [0, 0.05) is 47.7 Å². The van der Waals surface area contributed by atoms with Crippen molar-refractivity contribution in [3.8, 4) is 28.4 Å². The molecule has 0 radical (unpaired) electrons. The molecule has 148 valence electrons. The molecular formula is C24H19N3O3. The van der Waals surface area contributed by atoms with Gasteiger partial charge in [-0.2, -0.15) is 0 Å². The second-order valence-corrected chi connectivity index (χ2v) is 7.11. The third kappa shape index (κ3) is 2.90. The first kappa shape index (κ1) is 18.0. The summed E-state index contributed by atoms with van der Waals surface area (Å²) < 4.78 is 7.42. The fourth-order valence-electron chi connectivity index (χ4n) is 3.85. The lowest BCUT2D eigenvalue weighted by molar-refractivity contribution is 0.416. The van der Waals surface area contributed by atoms with Crippen LogP contribution in [0, 0.1) is 0 Å². The van der Waals surface area contributed by atoms with Crippen molar-refractivity contribution in [1.29, 1.82) is 0 Å². The molecule has 0 aliphatic rings. The summed E-state index contributed by atoms with van der Waals surface area (Å²) in [4.78, 5) is 8.31.